The summed E-state index contributed by atoms with van der Waals surface area (Å²) in [6.45, 7) is -0.591. The second-order valence-electron chi connectivity index (χ2n) is 7.34. The number of aliphatic hydroxyl groups is 3. The number of hydrogen-bond acceptors (Lipinski definition) is 10. The van der Waals surface area contributed by atoms with Gasteiger partial charge in [-0.25, -0.2) is 0 Å². The van der Waals surface area contributed by atoms with E-state index in [4.69, 9.17) is 9.47 Å². The number of hydrogen-bond donors (Lipinski definition) is 7. The van der Waals surface area contributed by atoms with Gasteiger partial charge >= 0.3 is 0 Å². The monoisotopic (exact) mass is 432 g/mol. The first-order valence-electron chi connectivity index (χ1n) is 9.35. The Kier molecular flexibility index (Phi) is 5.23. The van der Waals surface area contributed by atoms with Crippen LogP contribution in [0.1, 0.15) is 21.5 Å². The SMILES string of the molecule is O=C1C(OC2OC(CO)C(O)C2O)=C(c2ccc(O)c(O)c2)Cc2cc(O)cc(O)c21. The fraction of sp³-hybridized carbons (Fsp3) is 0.286. The largest absolute Gasteiger partial charge is 0.508 e. The minimum absolute atomic E-state index is 0.0165. The van der Waals surface area contributed by atoms with Crippen LogP contribution in [-0.2, 0) is 15.9 Å². The van der Waals surface area contributed by atoms with E-state index in [1.807, 2.05) is 0 Å². The summed E-state index contributed by atoms with van der Waals surface area (Å²) in [5.41, 5.74) is 0.680. The molecule has 0 bridgehead atoms. The molecule has 2 aromatic rings. The van der Waals surface area contributed by atoms with Crippen molar-refractivity contribution in [2.45, 2.75) is 31.0 Å². The number of aromatic hydroxyl groups is 4. The van der Waals surface area contributed by atoms with Crippen LogP contribution in [0, 0.1) is 0 Å². The topological polar surface area (TPSA) is 177 Å². The lowest BCUT2D eigenvalue weighted by Gasteiger charge is -2.26. The summed E-state index contributed by atoms with van der Waals surface area (Å²) in [7, 11) is 0. The molecule has 0 radical (unpaired) electrons. The Labute approximate surface area is 175 Å². The lowest BCUT2D eigenvalue weighted by molar-refractivity contribution is -0.144. The van der Waals surface area contributed by atoms with E-state index in [1.54, 1.807) is 0 Å². The molecular formula is C21H20O10. The van der Waals surface area contributed by atoms with E-state index in [9.17, 15) is 40.5 Å². The molecule has 7 N–H and O–H groups in total. The zero-order chi connectivity index (χ0) is 22.4. The molecule has 10 nitrogen and oxygen atoms in total. The van der Waals surface area contributed by atoms with Crippen LogP contribution in [0.4, 0.5) is 0 Å². The van der Waals surface area contributed by atoms with Gasteiger partial charge in [-0.3, -0.25) is 4.79 Å². The van der Waals surface area contributed by atoms with E-state index in [1.165, 1.54) is 24.3 Å². The summed E-state index contributed by atoms with van der Waals surface area (Å²) in [6, 6.07) is 6.13. The molecule has 4 atom stereocenters. The van der Waals surface area contributed by atoms with Crippen LogP contribution in [0.2, 0.25) is 0 Å². The maximum Gasteiger partial charge on any atom is 0.232 e. The maximum atomic E-state index is 13.2. The first-order valence-corrected chi connectivity index (χ1v) is 9.35. The molecule has 4 unspecified atom stereocenters. The van der Waals surface area contributed by atoms with E-state index >= 15 is 0 Å². The maximum absolute atomic E-state index is 13.2. The van der Waals surface area contributed by atoms with E-state index in [0.717, 1.165) is 6.07 Å². The Bertz CT molecular complexity index is 1080. The van der Waals surface area contributed by atoms with E-state index < -0.39 is 48.5 Å². The minimum atomic E-state index is -1.57. The highest BCUT2D eigenvalue weighted by Crippen LogP contribution is 2.41. The highest BCUT2D eigenvalue weighted by molar-refractivity contribution is 6.16. The molecule has 0 amide bonds. The number of ketones is 1. The molecule has 2 aliphatic rings. The molecule has 10 heteroatoms. The average Bonchev–Trinajstić information content (AvgIpc) is 2.99. The molecule has 1 aliphatic carbocycles. The van der Waals surface area contributed by atoms with Gasteiger partial charge in [0.2, 0.25) is 12.1 Å². The molecule has 31 heavy (non-hydrogen) atoms. The number of benzene rings is 2. The van der Waals surface area contributed by atoms with Gasteiger partial charge in [-0.2, -0.15) is 0 Å². The van der Waals surface area contributed by atoms with E-state index in [-0.39, 0.29) is 34.8 Å². The molecule has 4 rings (SSSR count). The van der Waals surface area contributed by atoms with E-state index in [2.05, 4.69) is 0 Å². The summed E-state index contributed by atoms with van der Waals surface area (Å²) in [5.74, 6) is -2.67. The summed E-state index contributed by atoms with van der Waals surface area (Å²) < 4.78 is 10.9. The quantitative estimate of drug-likeness (QED) is 0.328. The second kappa shape index (κ2) is 7.75. The van der Waals surface area contributed by atoms with Gasteiger partial charge < -0.3 is 45.2 Å². The number of allylic oxidation sites excluding steroid dienone is 2. The van der Waals surface area contributed by atoms with Crippen molar-refractivity contribution in [1.82, 2.24) is 0 Å². The lowest BCUT2D eigenvalue weighted by atomic mass is 9.85. The third-order valence-corrected chi connectivity index (χ3v) is 5.31. The summed E-state index contributed by atoms with van der Waals surface area (Å²) >= 11 is 0. The van der Waals surface area contributed by atoms with E-state index in [0.29, 0.717) is 11.1 Å². The number of rotatable bonds is 4. The number of fused-ring (bicyclic) bond motifs is 1. The van der Waals surface area contributed by atoms with Crippen LogP contribution in [0.3, 0.4) is 0 Å². The van der Waals surface area contributed by atoms with Gasteiger partial charge in [-0.05, 0) is 29.3 Å². The van der Waals surface area contributed by atoms with Gasteiger partial charge in [-0.15, -0.1) is 0 Å². The highest BCUT2D eigenvalue weighted by atomic mass is 16.7. The zero-order valence-electron chi connectivity index (χ0n) is 16.0. The Hall–Kier alpha value is -3.31. The Morgan fingerprint density at radius 1 is 0.968 bits per heavy atom. The molecule has 164 valence electrons. The fourth-order valence-corrected chi connectivity index (χ4v) is 3.74. The van der Waals surface area contributed by atoms with Crippen molar-refractivity contribution in [2.24, 2.45) is 0 Å². The molecule has 0 aromatic heterocycles. The number of aliphatic hydroxyl groups excluding tert-OH is 3. The predicted octanol–water partition coefficient (Wildman–Crippen LogP) is 0.115. The van der Waals surface area contributed by atoms with Gasteiger partial charge in [0.15, 0.2) is 17.3 Å². The van der Waals surface area contributed by atoms with Crippen molar-refractivity contribution in [3.05, 3.63) is 52.8 Å². The van der Waals surface area contributed by atoms with Crippen LogP contribution >= 0.6 is 0 Å². The van der Waals surface area contributed by atoms with Gasteiger partial charge in [0.1, 0.15) is 29.8 Å². The van der Waals surface area contributed by atoms with Crippen LogP contribution in [0.25, 0.3) is 5.57 Å². The number of phenolic OH excluding ortho intramolecular Hbond substituents is 4. The van der Waals surface area contributed by atoms with Gasteiger partial charge in [0, 0.05) is 18.1 Å². The molecule has 0 spiro atoms. The first kappa shape index (κ1) is 20.9. The number of phenols is 4. The molecule has 2 aromatic carbocycles. The van der Waals surface area contributed by atoms with Gasteiger partial charge in [0.25, 0.3) is 0 Å². The van der Waals surface area contributed by atoms with Gasteiger partial charge in [0.05, 0.1) is 12.2 Å². The summed E-state index contributed by atoms with van der Waals surface area (Å²) in [6.07, 6.45) is -5.65. The number of ether oxygens (including phenoxy) is 2. The van der Waals surface area contributed by atoms with Crippen LogP contribution in [-0.4, -0.2) is 72.7 Å². The normalized spacial score (nSPS) is 25.6. The Balaban J connectivity index is 1.82. The standard InChI is InChI=1S/C21H20O10/c22-7-15-17(27)19(29)21(30-15)31-20-11(8-1-2-12(24)13(25)5-8)4-9-3-10(23)6-14(26)16(9)18(20)28/h1-3,5-6,15,17,19,21-27,29H,4,7H2. The van der Waals surface area contributed by atoms with Crippen molar-refractivity contribution in [2.75, 3.05) is 6.61 Å². The summed E-state index contributed by atoms with van der Waals surface area (Å²) in [5, 5.41) is 69.0. The molecule has 1 fully saturated rings. The van der Waals surface area contributed by atoms with Crippen LogP contribution in [0.5, 0.6) is 23.0 Å². The second-order valence-corrected chi connectivity index (χ2v) is 7.34. The molecule has 0 saturated carbocycles. The molecule has 1 aliphatic heterocycles. The Morgan fingerprint density at radius 2 is 1.71 bits per heavy atom. The fourth-order valence-electron chi connectivity index (χ4n) is 3.74. The smallest absolute Gasteiger partial charge is 0.232 e. The molecule has 1 heterocycles. The Morgan fingerprint density at radius 3 is 2.35 bits per heavy atom. The third-order valence-electron chi connectivity index (χ3n) is 5.31. The first-order chi connectivity index (χ1) is 14.7. The average molecular weight is 432 g/mol. The van der Waals surface area contributed by atoms with Crippen LogP contribution in [0.15, 0.2) is 36.1 Å². The van der Waals surface area contributed by atoms with Crippen molar-refractivity contribution in [3.63, 3.8) is 0 Å². The summed E-state index contributed by atoms with van der Waals surface area (Å²) in [4.78, 5) is 13.2. The van der Waals surface area contributed by atoms with Crippen LogP contribution < -0.4 is 0 Å². The van der Waals surface area contributed by atoms with Crippen molar-refractivity contribution < 1.29 is 50.0 Å². The third kappa shape index (κ3) is 3.55. The number of carbonyl (C=O) groups is 1. The highest BCUT2D eigenvalue weighted by Gasteiger charge is 2.45. The zero-order valence-corrected chi connectivity index (χ0v) is 16.0. The minimum Gasteiger partial charge on any atom is -0.508 e. The van der Waals surface area contributed by atoms with Crippen molar-refractivity contribution in [3.8, 4) is 23.0 Å². The predicted molar refractivity (Wildman–Crippen MR) is 103 cm³/mol. The van der Waals surface area contributed by atoms with Gasteiger partial charge in [-0.1, -0.05) is 6.07 Å². The number of Topliss-reactive ketones (excluding diaryl/α,β-unsaturated/α-hetero) is 1. The van der Waals surface area contributed by atoms with Crippen molar-refractivity contribution >= 4 is 11.4 Å². The lowest BCUT2D eigenvalue weighted by Crippen LogP contribution is -2.35. The molecular weight excluding hydrogens is 412 g/mol. The molecule has 1 saturated heterocycles. The van der Waals surface area contributed by atoms with Crippen molar-refractivity contribution in [1.29, 1.82) is 0 Å². The number of carbonyl (C=O) groups excluding carboxylic acids is 1.